The number of hydrogen-bond donors (Lipinski definition) is 1. The molecule has 2 aromatic rings. The van der Waals surface area contributed by atoms with Gasteiger partial charge in [0.05, 0.1) is 12.9 Å². The summed E-state index contributed by atoms with van der Waals surface area (Å²) in [4.78, 5) is 13.0. The van der Waals surface area contributed by atoms with Crippen molar-refractivity contribution in [1.82, 2.24) is 19.5 Å². The molecular weight excluding hydrogens is 230 g/mol. The Hall–Kier alpha value is -1.69. The second kappa shape index (κ2) is 4.89. The van der Waals surface area contributed by atoms with E-state index in [1.165, 1.54) is 19.3 Å². The number of rotatable bonds is 5. The Balaban J connectivity index is 1.88. The van der Waals surface area contributed by atoms with Crippen LogP contribution in [0.5, 0.6) is 0 Å². The highest BCUT2D eigenvalue weighted by molar-refractivity contribution is 5.82. The lowest BCUT2D eigenvalue weighted by molar-refractivity contribution is 0.188. The lowest BCUT2D eigenvalue weighted by Gasteiger charge is -2.26. The van der Waals surface area contributed by atoms with Gasteiger partial charge < -0.3 is 14.6 Å². The number of imidazole rings is 1. The zero-order chi connectivity index (χ0) is 12.4. The first-order chi connectivity index (χ1) is 8.88. The molecule has 1 aliphatic carbocycles. The summed E-state index contributed by atoms with van der Waals surface area (Å²) in [7, 11) is 1.69. The molecule has 2 heterocycles. The molecule has 0 aromatic carbocycles. The zero-order valence-corrected chi connectivity index (χ0v) is 10.5. The molecule has 0 atom stereocenters. The van der Waals surface area contributed by atoms with Crippen LogP contribution >= 0.6 is 0 Å². The van der Waals surface area contributed by atoms with Gasteiger partial charge in [0.25, 0.3) is 0 Å². The minimum Gasteiger partial charge on any atom is -0.383 e. The van der Waals surface area contributed by atoms with Crippen molar-refractivity contribution in [2.45, 2.75) is 31.8 Å². The molecule has 1 N–H and O–H groups in total. The van der Waals surface area contributed by atoms with Gasteiger partial charge in [-0.05, 0) is 19.3 Å². The van der Waals surface area contributed by atoms with E-state index >= 15 is 0 Å². The molecule has 0 aliphatic heterocycles. The van der Waals surface area contributed by atoms with Gasteiger partial charge in [-0.1, -0.05) is 0 Å². The molecule has 0 spiro atoms. The van der Waals surface area contributed by atoms with Crippen molar-refractivity contribution in [1.29, 1.82) is 0 Å². The first-order valence-electron chi connectivity index (χ1n) is 6.30. The minimum atomic E-state index is 0.548. The molecule has 96 valence electrons. The van der Waals surface area contributed by atoms with Crippen molar-refractivity contribution in [2.24, 2.45) is 0 Å². The summed E-state index contributed by atoms with van der Waals surface area (Å²) >= 11 is 0. The third-order valence-corrected chi connectivity index (χ3v) is 3.38. The third-order valence-electron chi connectivity index (χ3n) is 3.38. The van der Waals surface area contributed by atoms with Gasteiger partial charge in [-0.3, -0.25) is 0 Å². The molecule has 0 amide bonds. The normalized spacial score (nSPS) is 15.8. The van der Waals surface area contributed by atoms with Crippen molar-refractivity contribution < 1.29 is 4.74 Å². The maximum atomic E-state index is 5.08. The second-order valence-corrected chi connectivity index (χ2v) is 4.60. The van der Waals surface area contributed by atoms with Crippen LogP contribution in [0.2, 0.25) is 0 Å². The zero-order valence-electron chi connectivity index (χ0n) is 10.5. The Morgan fingerprint density at radius 3 is 3.00 bits per heavy atom. The van der Waals surface area contributed by atoms with Gasteiger partial charge in [0.2, 0.25) is 0 Å². The highest BCUT2D eigenvalue weighted by Crippen LogP contribution is 2.25. The fourth-order valence-electron chi connectivity index (χ4n) is 2.09. The molecule has 1 aliphatic rings. The van der Waals surface area contributed by atoms with Crippen LogP contribution in [0.1, 0.15) is 19.3 Å². The number of aromatic nitrogens is 4. The summed E-state index contributed by atoms with van der Waals surface area (Å²) in [6, 6.07) is 0.548. The Bertz CT molecular complexity index is 534. The van der Waals surface area contributed by atoms with Gasteiger partial charge in [-0.25, -0.2) is 15.0 Å². The van der Waals surface area contributed by atoms with Crippen LogP contribution in [0.4, 0.5) is 5.82 Å². The van der Waals surface area contributed by atoms with Crippen molar-refractivity contribution >= 4 is 17.0 Å². The van der Waals surface area contributed by atoms with Gasteiger partial charge in [0, 0.05) is 19.7 Å². The average Bonchev–Trinajstić information content (AvgIpc) is 2.75. The summed E-state index contributed by atoms with van der Waals surface area (Å²) in [5.74, 6) is 0.848. The molecule has 1 saturated carbocycles. The molecule has 1 fully saturated rings. The van der Waals surface area contributed by atoms with Crippen molar-refractivity contribution in [3.8, 4) is 0 Å². The number of methoxy groups -OCH3 is 1. The summed E-state index contributed by atoms with van der Waals surface area (Å²) < 4.78 is 7.07. The number of anilines is 1. The quantitative estimate of drug-likeness (QED) is 0.866. The molecule has 18 heavy (non-hydrogen) atoms. The number of hydrogen-bond acceptors (Lipinski definition) is 5. The summed E-state index contributed by atoms with van der Waals surface area (Å²) in [5, 5.41) is 3.43. The van der Waals surface area contributed by atoms with E-state index in [9.17, 15) is 0 Å². The predicted molar refractivity (Wildman–Crippen MR) is 68.5 cm³/mol. The SMILES string of the molecule is COCCn1cnc2c(NC3CCC3)ncnc21. The first kappa shape index (κ1) is 11.4. The molecule has 3 rings (SSSR count). The van der Waals surface area contributed by atoms with Gasteiger partial charge in [0.15, 0.2) is 11.5 Å². The van der Waals surface area contributed by atoms with E-state index in [1.807, 2.05) is 4.57 Å². The molecule has 0 saturated heterocycles. The van der Waals surface area contributed by atoms with Crippen molar-refractivity contribution in [2.75, 3.05) is 19.0 Å². The smallest absolute Gasteiger partial charge is 0.165 e. The van der Waals surface area contributed by atoms with Gasteiger partial charge in [0.1, 0.15) is 11.8 Å². The van der Waals surface area contributed by atoms with E-state index in [1.54, 1.807) is 19.8 Å². The van der Waals surface area contributed by atoms with E-state index < -0.39 is 0 Å². The largest absolute Gasteiger partial charge is 0.383 e. The van der Waals surface area contributed by atoms with Crippen molar-refractivity contribution in [3.63, 3.8) is 0 Å². The van der Waals surface area contributed by atoms with Crippen LogP contribution in [0.3, 0.4) is 0 Å². The molecule has 6 heteroatoms. The number of nitrogens with one attached hydrogen (secondary N) is 1. The fourth-order valence-corrected chi connectivity index (χ4v) is 2.09. The predicted octanol–water partition coefficient (Wildman–Crippen LogP) is 1.44. The Labute approximate surface area is 105 Å². The molecule has 0 unspecified atom stereocenters. The molecule has 6 nitrogen and oxygen atoms in total. The maximum absolute atomic E-state index is 5.08. The lowest BCUT2D eigenvalue weighted by Crippen LogP contribution is -2.27. The summed E-state index contributed by atoms with van der Waals surface area (Å²) in [6.07, 6.45) is 7.12. The maximum Gasteiger partial charge on any atom is 0.165 e. The Morgan fingerprint density at radius 2 is 2.28 bits per heavy atom. The van der Waals surface area contributed by atoms with E-state index in [0.717, 1.165) is 23.5 Å². The molecular formula is C12H17N5O. The Morgan fingerprint density at radius 1 is 1.39 bits per heavy atom. The van der Waals surface area contributed by atoms with E-state index in [4.69, 9.17) is 4.74 Å². The average molecular weight is 247 g/mol. The molecule has 0 radical (unpaired) electrons. The Kier molecular flexibility index (Phi) is 3.10. The van der Waals surface area contributed by atoms with Crippen LogP contribution in [0, 0.1) is 0 Å². The lowest BCUT2D eigenvalue weighted by atomic mass is 9.93. The molecule has 2 aromatic heterocycles. The third kappa shape index (κ3) is 2.03. The van der Waals surface area contributed by atoms with E-state index in [-0.39, 0.29) is 0 Å². The van der Waals surface area contributed by atoms with Gasteiger partial charge in [-0.15, -0.1) is 0 Å². The highest BCUT2D eigenvalue weighted by Gasteiger charge is 2.19. The van der Waals surface area contributed by atoms with Crippen LogP contribution in [-0.2, 0) is 11.3 Å². The van der Waals surface area contributed by atoms with Gasteiger partial charge >= 0.3 is 0 Å². The van der Waals surface area contributed by atoms with Crippen LogP contribution < -0.4 is 5.32 Å². The molecule has 0 bridgehead atoms. The van der Waals surface area contributed by atoms with Crippen LogP contribution in [-0.4, -0.2) is 39.3 Å². The topological polar surface area (TPSA) is 64.9 Å². The summed E-state index contributed by atoms with van der Waals surface area (Å²) in [5.41, 5.74) is 1.71. The monoisotopic (exact) mass is 247 g/mol. The summed E-state index contributed by atoms with van der Waals surface area (Å²) in [6.45, 7) is 1.41. The standard InChI is InChI=1S/C12H17N5O/c1-18-6-5-17-8-15-10-11(13-7-14-12(10)17)16-9-3-2-4-9/h7-9H,2-6H2,1H3,(H,13,14,16). The van der Waals surface area contributed by atoms with Gasteiger partial charge in [-0.2, -0.15) is 0 Å². The van der Waals surface area contributed by atoms with E-state index in [0.29, 0.717) is 12.6 Å². The number of nitrogens with zero attached hydrogens (tertiary/aromatic N) is 4. The van der Waals surface area contributed by atoms with E-state index in [2.05, 4.69) is 20.3 Å². The first-order valence-corrected chi connectivity index (χ1v) is 6.30. The number of ether oxygens (including phenoxy) is 1. The van der Waals surface area contributed by atoms with Crippen LogP contribution in [0.15, 0.2) is 12.7 Å². The minimum absolute atomic E-state index is 0.548. The fraction of sp³-hybridized carbons (Fsp3) is 0.583. The number of fused-ring (bicyclic) bond motifs is 1. The second-order valence-electron chi connectivity index (χ2n) is 4.60. The van der Waals surface area contributed by atoms with Crippen molar-refractivity contribution in [3.05, 3.63) is 12.7 Å². The van der Waals surface area contributed by atoms with Crippen LogP contribution in [0.25, 0.3) is 11.2 Å². The highest BCUT2D eigenvalue weighted by atomic mass is 16.5.